The molecule has 6 heteroatoms. The van der Waals surface area contributed by atoms with Crippen LogP contribution in [0.5, 0.6) is 0 Å². The highest BCUT2D eigenvalue weighted by Crippen LogP contribution is 2.15. The van der Waals surface area contributed by atoms with E-state index in [0.29, 0.717) is 16.4 Å². The Labute approximate surface area is 152 Å². The zero-order valence-corrected chi connectivity index (χ0v) is 15.2. The van der Waals surface area contributed by atoms with Crippen molar-refractivity contribution in [2.75, 3.05) is 10.6 Å². The fraction of sp³-hybridized carbons (Fsp3) is 0.263. The Hall–Kier alpha value is -2.53. The van der Waals surface area contributed by atoms with Gasteiger partial charge in [-0.1, -0.05) is 23.7 Å². The van der Waals surface area contributed by atoms with Crippen molar-refractivity contribution < 1.29 is 14.3 Å². The molecule has 2 aromatic carbocycles. The first-order valence-corrected chi connectivity index (χ1v) is 8.23. The summed E-state index contributed by atoms with van der Waals surface area (Å²) >= 11 is 5.81. The van der Waals surface area contributed by atoms with Crippen LogP contribution in [0.1, 0.15) is 26.3 Å². The molecule has 0 fully saturated rings. The van der Waals surface area contributed by atoms with Gasteiger partial charge in [-0.25, -0.2) is 4.79 Å². The third-order valence-corrected chi connectivity index (χ3v) is 3.34. The number of rotatable bonds is 4. The number of hydrogen-bond acceptors (Lipinski definition) is 3. The Kier molecular flexibility index (Phi) is 6.04. The fourth-order valence-corrected chi connectivity index (χ4v) is 2.18. The zero-order chi connectivity index (χ0) is 18.4. The summed E-state index contributed by atoms with van der Waals surface area (Å²) in [5, 5.41) is 6.07. The SMILES string of the molecule is CC(C)(C)OC(=O)Nc1ccc(CC(=O)Nc2ccc(Cl)cc2)cc1. The smallest absolute Gasteiger partial charge is 0.412 e. The standard InChI is InChI=1S/C19H21ClN2O3/c1-19(2,3)25-18(24)22-16-8-4-13(5-9-16)12-17(23)21-15-10-6-14(20)7-11-15/h4-11H,12H2,1-3H3,(H,21,23)(H,22,24). The number of carbonyl (C=O) groups is 2. The van der Waals surface area contributed by atoms with Crippen molar-refractivity contribution in [1.82, 2.24) is 0 Å². The Morgan fingerprint density at radius 2 is 1.44 bits per heavy atom. The van der Waals surface area contributed by atoms with Crippen LogP contribution in [0.15, 0.2) is 48.5 Å². The molecule has 0 bridgehead atoms. The summed E-state index contributed by atoms with van der Waals surface area (Å²) in [5.74, 6) is -0.129. The minimum absolute atomic E-state index is 0.129. The number of nitrogens with one attached hydrogen (secondary N) is 2. The molecule has 0 radical (unpaired) electrons. The van der Waals surface area contributed by atoms with Crippen molar-refractivity contribution in [3.05, 3.63) is 59.1 Å². The van der Waals surface area contributed by atoms with Crippen molar-refractivity contribution in [3.63, 3.8) is 0 Å². The summed E-state index contributed by atoms with van der Waals surface area (Å²) in [7, 11) is 0. The largest absolute Gasteiger partial charge is 0.444 e. The van der Waals surface area contributed by atoms with Crippen LogP contribution < -0.4 is 10.6 Å². The van der Waals surface area contributed by atoms with E-state index >= 15 is 0 Å². The number of halogens is 1. The first kappa shape index (κ1) is 18.8. The molecule has 2 amide bonds. The fourth-order valence-electron chi connectivity index (χ4n) is 2.05. The summed E-state index contributed by atoms with van der Waals surface area (Å²) in [6.45, 7) is 5.40. The predicted molar refractivity (Wildman–Crippen MR) is 100 cm³/mol. The van der Waals surface area contributed by atoms with Gasteiger partial charge < -0.3 is 10.1 Å². The lowest BCUT2D eigenvalue weighted by molar-refractivity contribution is -0.115. The average molecular weight is 361 g/mol. The van der Waals surface area contributed by atoms with E-state index in [0.717, 1.165) is 5.56 Å². The summed E-state index contributed by atoms with van der Waals surface area (Å²) < 4.78 is 5.19. The van der Waals surface area contributed by atoms with Gasteiger partial charge in [0.2, 0.25) is 5.91 Å². The Bertz CT molecular complexity index is 735. The minimum Gasteiger partial charge on any atom is -0.444 e. The van der Waals surface area contributed by atoms with Crippen LogP contribution in [0.2, 0.25) is 5.02 Å². The van der Waals surface area contributed by atoms with Gasteiger partial charge in [-0.05, 0) is 62.7 Å². The summed E-state index contributed by atoms with van der Waals surface area (Å²) in [4.78, 5) is 23.8. The summed E-state index contributed by atoms with van der Waals surface area (Å²) in [6.07, 6.45) is -0.282. The molecule has 0 saturated carbocycles. The van der Waals surface area contributed by atoms with E-state index in [1.807, 2.05) is 0 Å². The molecule has 0 spiro atoms. The lowest BCUT2D eigenvalue weighted by Crippen LogP contribution is -2.27. The van der Waals surface area contributed by atoms with Gasteiger partial charge in [-0.2, -0.15) is 0 Å². The molecule has 0 saturated heterocycles. The molecular weight excluding hydrogens is 340 g/mol. The van der Waals surface area contributed by atoms with Gasteiger partial charge in [0, 0.05) is 16.4 Å². The summed E-state index contributed by atoms with van der Waals surface area (Å²) in [5.41, 5.74) is 1.58. The van der Waals surface area contributed by atoms with Crippen LogP contribution >= 0.6 is 11.6 Å². The topological polar surface area (TPSA) is 67.4 Å². The van der Waals surface area contributed by atoms with Crippen LogP contribution in [0.3, 0.4) is 0 Å². The molecule has 0 heterocycles. The lowest BCUT2D eigenvalue weighted by atomic mass is 10.1. The average Bonchev–Trinajstić information content (AvgIpc) is 2.49. The van der Waals surface area contributed by atoms with Gasteiger partial charge in [0.15, 0.2) is 0 Å². The number of hydrogen-bond donors (Lipinski definition) is 2. The van der Waals surface area contributed by atoms with Gasteiger partial charge in [-0.15, -0.1) is 0 Å². The van der Waals surface area contributed by atoms with E-state index in [2.05, 4.69) is 10.6 Å². The van der Waals surface area contributed by atoms with Crippen LogP contribution in [-0.4, -0.2) is 17.6 Å². The van der Waals surface area contributed by atoms with Gasteiger partial charge in [-0.3, -0.25) is 10.1 Å². The van der Waals surface area contributed by atoms with Crippen molar-refractivity contribution in [1.29, 1.82) is 0 Å². The second kappa shape index (κ2) is 8.03. The minimum atomic E-state index is -0.552. The maximum Gasteiger partial charge on any atom is 0.412 e. The van der Waals surface area contributed by atoms with Crippen LogP contribution in [0.4, 0.5) is 16.2 Å². The number of ether oxygens (including phenoxy) is 1. The number of amides is 2. The van der Waals surface area contributed by atoms with Crippen molar-refractivity contribution in [2.45, 2.75) is 32.8 Å². The van der Waals surface area contributed by atoms with Crippen molar-refractivity contribution in [3.8, 4) is 0 Å². The maximum atomic E-state index is 12.1. The van der Waals surface area contributed by atoms with E-state index in [-0.39, 0.29) is 12.3 Å². The van der Waals surface area contributed by atoms with Crippen LogP contribution in [0, 0.1) is 0 Å². The second-order valence-electron chi connectivity index (χ2n) is 6.56. The Morgan fingerprint density at radius 3 is 2.00 bits per heavy atom. The van der Waals surface area contributed by atoms with Gasteiger partial charge in [0.05, 0.1) is 6.42 Å². The molecule has 0 aromatic heterocycles. The van der Waals surface area contributed by atoms with Crippen molar-refractivity contribution >= 4 is 35.0 Å². The summed E-state index contributed by atoms with van der Waals surface area (Å²) in [6, 6.07) is 14.0. The highest BCUT2D eigenvalue weighted by Gasteiger charge is 2.16. The first-order valence-electron chi connectivity index (χ1n) is 7.86. The lowest BCUT2D eigenvalue weighted by Gasteiger charge is -2.19. The quantitative estimate of drug-likeness (QED) is 0.817. The second-order valence-corrected chi connectivity index (χ2v) is 6.99. The van der Waals surface area contributed by atoms with E-state index < -0.39 is 11.7 Å². The molecule has 0 aliphatic carbocycles. The van der Waals surface area contributed by atoms with Gasteiger partial charge in [0.1, 0.15) is 5.60 Å². The third kappa shape index (κ3) is 6.85. The molecule has 0 atom stereocenters. The third-order valence-electron chi connectivity index (χ3n) is 3.09. The van der Waals surface area contributed by atoms with E-state index in [1.54, 1.807) is 69.3 Å². The predicted octanol–water partition coefficient (Wildman–Crippen LogP) is 4.87. The van der Waals surface area contributed by atoms with E-state index in [9.17, 15) is 9.59 Å². The molecule has 25 heavy (non-hydrogen) atoms. The van der Waals surface area contributed by atoms with Gasteiger partial charge in [0.25, 0.3) is 0 Å². The maximum absolute atomic E-state index is 12.1. The van der Waals surface area contributed by atoms with Crippen LogP contribution in [-0.2, 0) is 16.0 Å². The zero-order valence-electron chi connectivity index (χ0n) is 14.4. The van der Waals surface area contributed by atoms with Gasteiger partial charge >= 0.3 is 6.09 Å². The normalized spacial score (nSPS) is 10.9. The molecule has 2 N–H and O–H groups in total. The molecule has 132 valence electrons. The van der Waals surface area contributed by atoms with E-state index in [4.69, 9.17) is 16.3 Å². The molecule has 2 aromatic rings. The number of benzene rings is 2. The Morgan fingerprint density at radius 1 is 0.920 bits per heavy atom. The molecule has 5 nitrogen and oxygen atoms in total. The molecule has 0 aliphatic rings. The monoisotopic (exact) mass is 360 g/mol. The highest BCUT2D eigenvalue weighted by atomic mass is 35.5. The molecule has 2 rings (SSSR count). The first-order chi connectivity index (χ1) is 11.7. The molecule has 0 aliphatic heterocycles. The van der Waals surface area contributed by atoms with Crippen molar-refractivity contribution in [2.24, 2.45) is 0 Å². The van der Waals surface area contributed by atoms with E-state index in [1.165, 1.54) is 0 Å². The highest BCUT2D eigenvalue weighted by molar-refractivity contribution is 6.30. The Balaban J connectivity index is 1.88. The molecular formula is C19H21ClN2O3. The molecule has 0 unspecified atom stereocenters. The van der Waals surface area contributed by atoms with Crippen LogP contribution in [0.25, 0.3) is 0 Å². The number of carbonyl (C=O) groups excluding carboxylic acids is 2. The number of anilines is 2.